The summed E-state index contributed by atoms with van der Waals surface area (Å²) in [5.74, 6) is 0.171. The molecule has 23 heavy (non-hydrogen) atoms. The Kier molecular flexibility index (Phi) is 4.17. The summed E-state index contributed by atoms with van der Waals surface area (Å²) in [5, 5.41) is 31.3. The highest BCUT2D eigenvalue weighted by Gasteiger charge is 2.23. The number of ether oxygens (including phenoxy) is 1. The minimum Gasteiger partial charge on any atom is -0.502 e. The molecule has 0 aliphatic carbocycles. The summed E-state index contributed by atoms with van der Waals surface area (Å²) in [7, 11) is 0. The quantitative estimate of drug-likeness (QED) is 0.383. The molecule has 0 amide bonds. The van der Waals surface area contributed by atoms with Crippen LogP contribution < -0.4 is 0 Å². The average Bonchev–Trinajstić information content (AvgIpc) is 3.16. The molecule has 0 unspecified atom stereocenters. The molecule has 2 aromatic rings. The number of hydrogen-bond acceptors (Lipinski definition) is 7. The Bertz CT molecular complexity index is 822. The topological polar surface area (TPSA) is 119 Å². The van der Waals surface area contributed by atoms with Gasteiger partial charge >= 0.3 is 5.69 Å². The summed E-state index contributed by atoms with van der Waals surface area (Å²) in [6.45, 7) is 0.665. The number of benzene rings is 1. The van der Waals surface area contributed by atoms with Crippen LogP contribution in [-0.4, -0.2) is 37.7 Å². The van der Waals surface area contributed by atoms with Crippen molar-refractivity contribution in [3.05, 3.63) is 44.5 Å². The van der Waals surface area contributed by atoms with Crippen molar-refractivity contribution in [2.24, 2.45) is 5.10 Å². The molecule has 0 radical (unpaired) electrons. The van der Waals surface area contributed by atoms with E-state index in [2.05, 4.69) is 15.3 Å². The van der Waals surface area contributed by atoms with Crippen molar-refractivity contribution >= 4 is 24.1 Å². The van der Waals surface area contributed by atoms with Gasteiger partial charge in [-0.25, -0.2) is 0 Å². The zero-order valence-corrected chi connectivity index (χ0v) is 12.7. The van der Waals surface area contributed by atoms with E-state index in [-0.39, 0.29) is 11.8 Å². The third-order valence-electron chi connectivity index (χ3n) is 3.41. The Hall–Kier alpha value is -2.59. The van der Waals surface area contributed by atoms with E-state index < -0.39 is 10.7 Å². The van der Waals surface area contributed by atoms with Gasteiger partial charge in [0.25, 0.3) is 0 Å². The number of aromatic nitrogens is 3. The number of nitro groups is 1. The molecule has 10 heteroatoms. The number of hydrogen-bond donors (Lipinski definition) is 2. The lowest BCUT2D eigenvalue weighted by molar-refractivity contribution is -0.385. The van der Waals surface area contributed by atoms with E-state index in [1.807, 2.05) is 0 Å². The third kappa shape index (κ3) is 3.12. The van der Waals surface area contributed by atoms with Crippen molar-refractivity contribution in [1.82, 2.24) is 14.9 Å². The number of nitrogens with one attached hydrogen (secondary N) is 1. The van der Waals surface area contributed by atoms with E-state index in [0.717, 1.165) is 12.8 Å². The summed E-state index contributed by atoms with van der Waals surface area (Å²) < 4.78 is 7.31. The highest BCUT2D eigenvalue weighted by atomic mass is 32.1. The number of rotatable bonds is 4. The first-order chi connectivity index (χ1) is 11.1. The van der Waals surface area contributed by atoms with Gasteiger partial charge < -0.3 is 9.84 Å². The van der Waals surface area contributed by atoms with Crippen molar-refractivity contribution < 1.29 is 14.8 Å². The zero-order valence-electron chi connectivity index (χ0n) is 11.9. The van der Waals surface area contributed by atoms with E-state index in [4.69, 9.17) is 17.0 Å². The van der Waals surface area contributed by atoms with Crippen LogP contribution in [0.4, 0.5) is 5.69 Å². The van der Waals surface area contributed by atoms with Crippen LogP contribution in [0.15, 0.2) is 23.3 Å². The minimum atomic E-state index is -0.659. The molecule has 0 saturated carbocycles. The van der Waals surface area contributed by atoms with Gasteiger partial charge in [0.05, 0.1) is 11.1 Å². The van der Waals surface area contributed by atoms with Gasteiger partial charge in [-0.3, -0.25) is 15.2 Å². The standard InChI is InChI=1S/C13H13N5O4S/c19-10-4-3-8(6-9(10)18(20)21)7-14-17-12(15-16-13(17)23)11-2-1-5-22-11/h3-4,6-7,11,19H,1-2,5H2,(H,16,23)/b14-7-/t11-/m1/s1. The normalized spacial score (nSPS) is 17.8. The molecular weight excluding hydrogens is 322 g/mol. The number of phenols is 1. The maximum Gasteiger partial charge on any atom is 0.311 e. The highest BCUT2D eigenvalue weighted by Crippen LogP contribution is 2.27. The van der Waals surface area contributed by atoms with Crippen LogP contribution in [0.5, 0.6) is 5.75 Å². The summed E-state index contributed by atoms with van der Waals surface area (Å²) in [5.41, 5.74) is 0.0694. The summed E-state index contributed by atoms with van der Waals surface area (Å²) >= 11 is 5.14. The zero-order chi connectivity index (χ0) is 16.4. The first kappa shape index (κ1) is 15.3. The molecule has 1 aromatic heterocycles. The predicted octanol–water partition coefficient (Wildman–Crippen LogP) is 2.29. The molecule has 120 valence electrons. The molecule has 1 aromatic carbocycles. The van der Waals surface area contributed by atoms with Crippen LogP contribution >= 0.6 is 12.2 Å². The number of H-pyrrole nitrogens is 1. The van der Waals surface area contributed by atoms with Crippen molar-refractivity contribution in [2.45, 2.75) is 18.9 Å². The first-order valence-electron chi connectivity index (χ1n) is 6.87. The van der Waals surface area contributed by atoms with Crippen LogP contribution in [0.2, 0.25) is 0 Å². The lowest BCUT2D eigenvalue weighted by Crippen LogP contribution is -2.05. The Morgan fingerprint density at radius 3 is 3.13 bits per heavy atom. The molecule has 1 aliphatic heterocycles. The molecule has 2 N–H and O–H groups in total. The molecule has 1 saturated heterocycles. The van der Waals surface area contributed by atoms with Gasteiger partial charge in [-0.1, -0.05) is 0 Å². The molecule has 2 heterocycles. The van der Waals surface area contributed by atoms with E-state index in [1.54, 1.807) is 0 Å². The maximum atomic E-state index is 10.8. The van der Waals surface area contributed by atoms with Gasteiger partial charge in [0, 0.05) is 18.2 Å². The summed E-state index contributed by atoms with van der Waals surface area (Å²) in [6, 6.07) is 3.99. The highest BCUT2D eigenvalue weighted by molar-refractivity contribution is 7.71. The van der Waals surface area contributed by atoms with Crippen molar-refractivity contribution in [2.75, 3.05) is 6.61 Å². The number of phenolic OH excluding ortho intramolecular Hbond substituents is 1. The fourth-order valence-electron chi connectivity index (χ4n) is 2.30. The third-order valence-corrected chi connectivity index (χ3v) is 3.68. The molecular formula is C13H13N5O4S. The average molecular weight is 335 g/mol. The number of nitro benzene ring substituents is 1. The summed E-state index contributed by atoms with van der Waals surface area (Å²) in [4.78, 5) is 10.2. The fourth-order valence-corrected chi connectivity index (χ4v) is 2.48. The molecule has 0 spiro atoms. The van der Waals surface area contributed by atoms with Crippen molar-refractivity contribution in [3.63, 3.8) is 0 Å². The Labute approximate surface area is 135 Å². The summed E-state index contributed by atoms with van der Waals surface area (Å²) in [6.07, 6.45) is 3.02. The van der Waals surface area contributed by atoms with E-state index in [9.17, 15) is 15.2 Å². The molecule has 1 fully saturated rings. The van der Waals surface area contributed by atoms with Crippen LogP contribution in [0.25, 0.3) is 0 Å². The van der Waals surface area contributed by atoms with Crippen LogP contribution in [0, 0.1) is 14.9 Å². The van der Waals surface area contributed by atoms with Crippen molar-refractivity contribution in [3.8, 4) is 5.75 Å². The number of aromatic hydroxyl groups is 1. The smallest absolute Gasteiger partial charge is 0.311 e. The van der Waals surface area contributed by atoms with E-state index in [0.29, 0.717) is 22.8 Å². The molecule has 1 aliphatic rings. The second-order valence-corrected chi connectivity index (χ2v) is 5.34. The largest absolute Gasteiger partial charge is 0.502 e. The lowest BCUT2D eigenvalue weighted by atomic mass is 10.2. The number of aromatic amines is 1. The Morgan fingerprint density at radius 2 is 2.43 bits per heavy atom. The van der Waals surface area contributed by atoms with Gasteiger partial charge in [0.15, 0.2) is 11.6 Å². The second-order valence-electron chi connectivity index (χ2n) is 4.95. The fraction of sp³-hybridized carbons (Fsp3) is 0.308. The van der Waals surface area contributed by atoms with Gasteiger partial charge in [0.2, 0.25) is 4.77 Å². The van der Waals surface area contributed by atoms with Crippen LogP contribution in [0.3, 0.4) is 0 Å². The Balaban J connectivity index is 1.92. The van der Waals surface area contributed by atoms with Crippen LogP contribution in [0.1, 0.15) is 30.3 Å². The maximum absolute atomic E-state index is 10.8. The van der Waals surface area contributed by atoms with Gasteiger partial charge in [-0.15, -0.1) is 0 Å². The van der Waals surface area contributed by atoms with Gasteiger partial charge in [-0.05, 0) is 37.2 Å². The molecule has 0 bridgehead atoms. The molecule has 3 rings (SSSR count). The predicted molar refractivity (Wildman–Crippen MR) is 83.1 cm³/mol. The lowest BCUT2D eigenvalue weighted by Gasteiger charge is -2.07. The first-order valence-corrected chi connectivity index (χ1v) is 7.28. The minimum absolute atomic E-state index is 0.172. The Morgan fingerprint density at radius 1 is 1.61 bits per heavy atom. The van der Waals surface area contributed by atoms with E-state index in [1.165, 1.54) is 29.1 Å². The molecule has 9 nitrogen and oxygen atoms in total. The second kappa shape index (κ2) is 6.26. The van der Waals surface area contributed by atoms with Crippen LogP contribution in [-0.2, 0) is 4.74 Å². The number of nitrogens with zero attached hydrogens (tertiary/aromatic N) is 4. The SMILES string of the molecule is O=[N+]([O-])c1cc(/C=N\n2c([C@H]3CCCO3)n[nH]c2=S)ccc1O. The molecule has 1 atom stereocenters. The monoisotopic (exact) mass is 335 g/mol. The van der Waals surface area contributed by atoms with Gasteiger partial charge in [-0.2, -0.15) is 14.9 Å². The van der Waals surface area contributed by atoms with Crippen molar-refractivity contribution in [1.29, 1.82) is 0 Å². The van der Waals surface area contributed by atoms with E-state index >= 15 is 0 Å². The van der Waals surface area contributed by atoms with Gasteiger partial charge in [0.1, 0.15) is 6.10 Å².